The number of ether oxygens (including phenoxy) is 1. The van der Waals surface area contributed by atoms with Crippen molar-refractivity contribution in [3.8, 4) is 11.8 Å². The second kappa shape index (κ2) is 5.77. The van der Waals surface area contributed by atoms with Crippen LogP contribution in [-0.4, -0.2) is 13.2 Å². The highest BCUT2D eigenvalue weighted by Gasteiger charge is 2.14. The number of anilines is 1. The SMILES string of the molecule is COC(=O)N(N)c1cc(C#CC(C)(C)C)ccc1C. The van der Waals surface area contributed by atoms with Crippen LogP contribution in [0.15, 0.2) is 18.2 Å². The Morgan fingerprint density at radius 3 is 2.53 bits per heavy atom. The van der Waals surface area contributed by atoms with Crippen LogP contribution in [0.3, 0.4) is 0 Å². The van der Waals surface area contributed by atoms with Crippen molar-refractivity contribution in [2.45, 2.75) is 27.7 Å². The first-order valence-corrected chi connectivity index (χ1v) is 6.01. The largest absolute Gasteiger partial charge is 0.452 e. The molecule has 19 heavy (non-hydrogen) atoms. The number of amides is 1. The summed E-state index contributed by atoms with van der Waals surface area (Å²) in [5.41, 5.74) is 2.21. The first kappa shape index (κ1) is 15.1. The molecule has 0 saturated heterocycles. The molecule has 102 valence electrons. The molecule has 4 heteroatoms. The third kappa shape index (κ3) is 4.31. The minimum Gasteiger partial charge on any atom is -0.452 e. The number of carbonyl (C=O) groups is 1. The molecule has 1 amide bonds. The Bertz CT molecular complexity index is 533. The van der Waals surface area contributed by atoms with Gasteiger partial charge in [-0.05, 0) is 45.4 Å². The third-order valence-corrected chi connectivity index (χ3v) is 2.42. The van der Waals surface area contributed by atoms with Crippen LogP contribution >= 0.6 is 0 Å². The van der Waals surface area contributed by atoms with Gasteiger partial charge >= 0.3 is 6.09 Å². The van der Waals surface area contributed by atoms with E-state index in [0.29, 0.717) is 5.69 Å². The molecule has 0 spiro atoms. The van der Waals surface area contributed by atoms with Gasteiger partial charge in [-0.25, -0.2) is 15.6 Å². The van der Waals surface area contributed by atoms with E-state index in [0.717, 1.165) is 16.1 Å². The second-order valence-electron chi connectivity index (χ2n) is 5.34. The number of hydrogen-bond donors (Lipinski definition) is 1. The number of hydrazine groups is 1. The molecule has 0 heterocycles. The number of nitrogens with zero attached hydrogens (tertiary/aromatic N) is 1. The maximum Gasteiger partial charge on any atom is 0.428 e. The van der Waals surface area contributed by atoms with Crippen LogP contribution in [0.25, 0.3) is 0 Å². The molecule has 0 radical (unpaired) electrons. The molecule has 0 unspecified atom stereocenters. The van der Waals surface area contributed by atoms with Gasteiger partial charge in [-0.15, -0.1) is 0 Å². The van der Waals surface area contributed by atoms with Crippen LogP contribution in [0.5, 0.6) is 0 Å². The Kier molecular flexibility index (Phi) is 4.57. The predicted molar refractivity (Wildman–Crippen MR) is 76.6 cm³/mol. The second-order valence-corrected chi connectivity index (χ2v) is 5.34. The standard InChI is InChI=1S/C15H20N2O2/c1-11-6-7-12(8-9-15(2,3)4)10-13(11)17(16)14(18)19-5/h6-7,10H,16H2,1-5H3. The van der Waals surface area contributed by atoms with Gasteiger partial charge < -0.3 is 4.74 Å². The molecule has 0 saturated carbocycles. The topological polar surface area (TPSA) is 55.6 Å². The third-order valence-electron chi connectivity index (χ3n) is 2.42. The molecule has 0 fully saturated rings. The first-order chi connectivity index (χ1) is 8.74. The fraction of sp³-hybridized carbons (Fsp3) is 0.400. The monoisotopic (exact) mass is 260 g/mol. The van der Waals surface area contributed by atoms with E-state index in [-0.39, 0.29) is 5.41 Å². The number of rotatable bonds is 1. The summed E-state index contributed by atoms with van der Waals surface area (Å²) in [6.45, 7) is 8.00. The zero-order chi connectivity index (χ0) is 14.6. The van der Waals surface area contributed by atoms with E-state index in [1.807, 2.05) is 39.8 Å². The van der Waals surface area contributed by atoms with E-state index in [2.05, 4.69) is 16.6 Å². The summed E-state index contributed by atoms with van der Waals surface area (Å²) >= 11 is 0. The van der Waals surface area contributed by atoms with Crippen LogP contribution < -0.4 is 10.9 Å². The fourth-order valence-electron chi connectivity index (χ4n) is 1.40. The quantitative estimate of drug-likeness (QED) is 0.365. The van der Waals surface area contributed by atoms with Crippen molar-refractivity contribution >= 4 is 11.8 Å². The van der Waals surface area contributed by atoms with Crippen molar-refractivity contribution in [2.24, 2.45) is 11.3 Å². The minimum atomic E-state index is -0.607. The molecule has 1 rings (SSSR count). The smallest absolute Gasteiger partial charge is 0.428 e. The van der Waals surface area contributed by atoms with Crippen molar-refractivity contribution in [1.82, 2.24) is 0 Å². The summed E-state index contributed by atoms with van der Waals surface area (Å²) in [7, 11) is 1.29. The summed E-state index contributed by atoms with van der Waals surface area (Å²) in [5.74, 6) is 11.9. The van der Waals surface area contributed by atoms with Crippen molar-refractivity contribution < 1.29 is 9.53 Å². The highest BCUT2D eigenvalue weighted by molar-refractivity contribution is 5.87. The van der Waals surface area contributed by atoms with Gasteiger partial charge in [-0.1, -0.05) is 17.9 Å². The number of benzene rings is 1. The molecule has 1 aromatic rings. The van der Waals surface area contributed by atoms with Gasteiger partial charge in [0.2, 0.25) is 0 Å². The maximum atomic E-state index is 11.4. The van der Waals surface area contributed by atoms with E-state index >= 15 is 0 Å². The van der Waals surface area contributed by atoms with Gasteiger partial charge in [0, 0.05) is 11.0 Å². The number of methoxy groups -OCH3 is 1. The molecule has 0 aliphatic heterocycles. The summed E-state index contributed by atoms with van der Waals surface area (Å²) in [6.07, 6.45) is -0.607. The average molecular weight is 260 g/mol. The number of aryl methyl sites for hydroxylation is 1. The van der Waals surface area contributed by atoms with E-state index in [1.165, 1.54) is 7.11 Å². The predicted octanol–water partition coefficient (Wildman–Crippen LogP) is 2.84. The number of carbonyl (C=O) groups excluding carboxylic acids is 1. The molecule has 2 N–H and O–H groups in total. The molecule has 0 aliphatic rings. The van der Waals surface area contributed by atoms with Gasteiger partial charge in [0.05, 0.1) is 12.8 Å². The van der Waals surface area contributed by atoms with Crippen LogP contribution in [0.4, 0.5) is 10.5 Å². The highest BCUT2D eigenvalue weighted by atomic mass is 16.5. The lowest BCUT2D eigenvalue weighted by atomic mass is 9.97. The van der Waals surface area contributed by atoms with E-state index in [9.17, 15) is 4.79 Å². The van der Waals surface area contributed by atoms with Crippen LogP contribution in [0.2, 0.25) is 0 Å². The molecule has 0 atom stereocenters. The van der Waals surface area contributed by atoms with Gasteiger partial charge in [0.1, 0.15) is 0 Å². The van der Waals surface area contributed by atoms with Gasteiger partial charge in [0.25, 0.3) is 0 Å². The van der Waals surface area contributed by atoms with Crippen LogP contribution in [0, 0.1) is 24.2 Å². The van der Waals surface area contributed by atoms with E-state index < -0.39 is 6.09 Å². The minimum absolute atomic E-state index is 0.0736. The maximum absolute atomic E-state index is 11.4. The lowest BCUT2D eigenvalue weighted by Gasteiger charge is -2.17. The van der Waals surface area contributed by atoms with Crippen molar-refractivity contribution in [2.75, 3.05) is 12.1 Å². The lowest BCUT2D eigenvalue weighted by molar-refractivity contribution is 0.178. The summed E-state index contributed by atoms with van der Waals surface area (Å²) in [5, 5.41) is 0.984. The average Bonchev–Trinajstić information content (AvgIpc) is 2.35. The van der Waals surface area contributed by atoms with E-state index in [1.54, 1.807) is 6.07 Å². The first-order valence-electron chi connectivity index (χ1n) is 6.01. The van der Waals surface area contributed by atoms with Crippen molar-refractivity contribution in [3.63, 3.8) is 0 Å². The van der Waals surface area contributed by atoms with Crippen LogP contribution in [0.1, 0.15) is 31.9 Å². The van der Waals surface area contributed by atoms with Gasteiger partial charge in [-0.3, -0.25) is 0 Å². The van der Waals surface area contributed by atoms with Crippen LogP contribution in [-0.2, 0) is 4.74 Å². The summed E-state index contributed by atoms with van der Waals surface area (Å²) in [6, 6.07) is 5.57. The summed E-state index contributed by atoms with van der Waals surface area (Å²) in [4.78, 5) is 11.4. The molecule has 1 aromatic carbocycles. The lowest BCUT2D eigenvalue weighted by Crippen LogP contribution is -2.37. The zero-order valence-corrected chi connectivity index (χ0v) is 12.1. The Labute approximate surface area is 114 Å². The Balaban J connectivity index is 3.13. The highest BCUT2D eigenvalue weighted by Crippen LogP contribution is 2.20. The van der Waals surface area contributed by atoms with Crippen molar-refractivity contribution in [1.29, 1.82) is 0 Å². The molecule has 0 aromatic heterocycles. The summed E-state index contributed by atoms with van der Waals surface area (Å²) < 4.78 is 4.60. The Morgan fingerprint density at radius 2 is 2.00 bits per heavy atom. The number of nitrogens with two attached hydrogens (primary N) is 1. The normalized spacial score (nSPS) is 10.4. The molecular weight excluding hydrogens is 240 g/mol. The fourth-order valence-corrected chi connectivity index (χ4v) is 1.40. The molecule has 0 aliphatic carbocycles. The van der Waals surface area contributed by atoms with E-state index in [4.69, 9.17) is 5.84 Å². The Hall–Kier alpha value is -1.99. The van der Waals surface area contributed by atoms with Gasteiger partial charge in [-0.2, -0.15) is 0 Å². The molecule has 4 nitrogen and oxygen atoms in total. The molecule has 0 bridgehead atoms. The zero-order valence-electron chi connectivity index (χ0n) is 12.1. The number of hydrogen-bond acceptors (Lipinski definition) is 3. The Morgan fingerprint density at radius 1 is 1.37 bits per heavy atom. The van der Waals surface area contributed by atoms with Gasteiger partial charge in [0.15, 0.2) is 0 Å². The van der Waals surface area contributed by atoms with Crippen molar-refractivity contribution in [3.05, 3.63) is 29.3 Å². The molecular formula is C15H20N2O2.